The molecule has 27 heavy (non-hydrogen) atoms. The molecule has 0 saturated heterocycles. The summed E-state index contributed by atoms with van der Waals surface area (Å²) in [6, 6.07) is 11.3. The number of amides is 1. The average Bonchev–Trinajstić information content (AvgIpc) is 3.21. The van der Waals surface area contributed by atoms with E-state index in [1.807, 2.05) is 42.1 Å². The molecule has 0 atom stereocenters. The lowest BCUT2D eigenvalue weighted by Gasteiger charge is -2.19. The molecule has 140 valence electrons. The van der Waals surface area contributed by atoms with Gasteiger partial charge in [-0.3, -0.25) is 9.48 Å². The number of alkyl halides is 2. The summed E-state index contributed by atoms with van der Waals surface area (Å²) in [5.41, 5.74) is 4.26. The number of nitrogens with zero attached hydrogens (tertiary/aromatic N) is 5. The average molecular weight is 371 g/mol. The number of halogens is 2. The summed E-state index contributed by atoms with van der Waals surface area (Å²) in [5.74, 6) is -0.323. The van der Waals surface area contributed by atoms with Crippen LogP contribution < -0.4 is 0 Å². The van der Waals surface area contributed by atoms with Crippen molar-refractivity contribution in [3.8, 4) is 11.3 Å². The van der Waals surface area contributed by atoms with Crippen LogP contribution in [0.2, 0.25) is 0 Å². The standard InChI is InChI=1S/C19H19F2N5O/c1-24-16-9-11-25(18(27)15-8-12-26(22-15)19(20)21)10-7-14(16)17(23-24)13-5-3-2-4-6-13/h2-6,8,12,19H,7,9-11H2,1H3. The van der Waals surface area contributed by atoms with Crippen LogP contribution in [-0.2, 0) is 19.9 Å². The molecule has 4 rings (SSSR count). The van der Waals surface area contributed by atoms with Crippen LogP contribution in [0.3, 0.4) is 0 Å². The van der Waals surface area contributed by atoms with E-state index in [2.05, 4.69) is 10.2 Å². The van der Waals surface area contributed by atoms with Crippen molar-refractivity contribution in [1.82, 2.24) is 24.5 Å². The molecule has 0 unspecified atom stereocenters. The van der Waals surface area contributed by atoms with Gasteiger partial charge in [0.2, 0.25) is 0 Å². The van der Waals surface area contributed by atoms with E-state index in [-0.39, 0.29) is 11.6 Å². The molecular formula is C19H19F2N5O. The Hall–Kier alpha value is -3.03. The topological polar surface area (TPSA) is 56.0 Å². The van der Waals surface area contributed by atoms with Crippen molar-refractivity contribution >= 4 is 5.91 Å². The molecule has 1 aliphatic heterocycles. The smallest absolute Gasteiger partial charge is 0.333 e. The first-order chi connectivity index (χ1) is 13.0. The van der Waals surface area contributed by atoms with E-state index in [0.717, 1.165) is 28.7 Å². The highest BCUT2D eigenvalue weighted by molar-refractivity contribution is 5.92. The summed E-state index contributed by atoms with van der Waals surface area (Å²) in [5, 5.41) is 8.36. The molecule has 0 radical (unpaired) electrons. The fourth-order valence-corrected chi connectivity index (χ4v) is 3.53. The normalized spacial score (nSPS) is 14.3. The molecule has 0 saturated carbocycles. The van der Waals surface area contributed by atoms with Gasteiger partial charge in [0.1, 0.15) is 0 Å². The summed E-state index contributed by atoms with van der Waals surface area (Å²) in [7, 11) is 1.91. The molecule has 6 nitrogen and oxygen atoms in total. The largest absolute Gasteiger partial charge is 0.337 e. The van der Waals surface area contributed by atoms with Crippen LogP contribution in [-0.4, -0.2) is 43.5 Å². The quantitative estimate of drug-likeness (QED) is 0.711. The molecule has 1 aliphatic rings. The van der Waals surface area contributed by atoms with Crippen molar-refractivity contribution < 1.29 is 13.6 Å². The van der Waals surface area contributed by atoms with Gasteiger partial charge in [-0.25, -0.2) is 4.68 Å². The number of carbonyl (C=O) groups is 1. The molecule has 8 heteroatoms. The predicted octanol–water partition coefficient (Wildman–Crippen LogP) is 2.92. The van der Waals surface area contributed by atoms with E-state index in [1.54, 1.807) is 4.90 Å². The Morgan fingerprint density at radius 1 is 1.07 bits per heavy atom. The lowest BCUT2D eigenvalue weighted by molar-refractivity contribution is 0.0552. The zero-order valence-electron chi connectivity index (χ0n) is 14.8. The zero-order chi connectivity index (χ0) is 19.0. The molecule has 0 spiro atoms. The van der Waals surface area contributed by atoms with Crippen LogP contribution in [0, 0.1) is 0 Å². The zero-order valence-corrected chi connectivity index (χ0v) is 14.8. The molecule has 0 N–H and O–H groups in total. The van der Waals surface area contributed by atoms with Gasteiger partial charge in [0.15, 0.2) is 5.69 Å². The molecule has 1 aromatic carbocycles. The summed E-state index contributed by atoms with van der Waals surface area (Å²) in [4.78, 5) is 14.4. The van der Waals surface area contributed by atoms with E-state index >= 15 is 0 Å². The lowest BCUT2D eigenvalue weighted by atomic mass is 10.0. The SMILES string of the molecule is Cn1nc(-c2ccccc2)c2c1CCN(C(=O)c1ccn(C(F)F)n1)CC2. The maximum Gasteiger partial charge on any atom is 0.333 e. The van der Waals surface area contributed by atoms with Gasteiger partial charge in [-0.1, -0.05) is 30.3 Å². The fourth-order valence-electron chi connectivity index (χ4n) is 3.53. The van der Waals surface area contributed by atoms with E-state index in [1.165, 1.54) is 6.07 Å². The third-order valence-corrected chi connectivity index (χ3v) is 4.89. The number of aromatic nitrogens is 4. The summed E-state index contributed by atoms with van der Waals surface area (Å²) in [6.45, 7) is -1.75. The first-order valence-corrected chi connectivity index (χ1v) is 8.77. The first-order valence-electron chi connectivity index (χ1n) is 8.77. The number of fused-ring (bicyclic) bond motifs is 1. The number of aryl methyl sites for hydroxylation is 1. The van der Waals surface area contributed by atoms with Crippen molar-refractivity contribution in [2.45, 2.75) is 19.4 Å². The second kappa shape index (κ2) is 6.94. The highest BCUT2D eigenvalue weighted by Gasteiger charge is 2.26. The Bertz CT molecular complexity index is 964. The Morgan fingerprint density at radius 3 is 2.52 bits per heavy atom. The number of benzene rings is 1. The van der Waals surface area contributed by atoms with Crippen molar-refractivity contribution in [2.24, 2.45) is 7.05 Å². The van der Waals surface area contributed by atoms with E-state index in [0.29, 0.717) is 30.6 Å². The van der Waals surface area contributed by atoms with Crippen LogP contribution in [0.1, 0.15) is 28.3 Å². The third-order valence-electron chi connectivity index (χ3n) is 4.89. The van der Waals surface area contributed by atoms with Crippen molar-refractivity contribution in [3.05, 3.63) is 59.5 Å². The second-order valence-corrected chi connectivity index (χ2v) is 6.51. The molecule has 0 aliphatic carbocycles. The van der Waals surface area contributed by atoms with Gasteiger partial charge < -0.3 is 4.90 Å². The number of rotatable bonds is 3. The molecule has 3 aromatic rings. The number of hydrogen-bond donors (Lipinski definition) is 0. The van der Waals surface area contributed by atoms with E-state index in [9.17, 15) is 13.6 Å². The van der Waals surface area contributed by atoms with Crippen LogP contribution >= 0.6 is 0 Å². The minimum Gasteiger partial charge on any atom is -0.337 e. The summed E-state index contributed by atoms with van der Waals surface area (Å²) >= 11 is 0. The van der Waals surface area contributed by atoms with Gasteiger partial charge in [-0.15, -0.1) is 0 Å². The Balaban J connectivity index is 1.57. The number of carbonyl (C=O) groups excluding carboxylic acids is 1. The Morgan fingerprint density at radius 2 is 1.81 bits per heavy atom. The van der Waals surface area contributed by atoms with Gasteiger partial charge in [-0.2, -0.15) is 19.0 Å². The molecule has 2 aromatic heterocycles. The van der Waals surface area contributed by atoms with Crippen molar-refractivity contribution in [1.29, 1.82) is 0 Å². The minimum atomic E-state index is -2.75. The van der Waals surface area contributed by atoms with Gasteiger partial charge in [0.05, 0.1) is 5.69 Å². The molecule has 0 fully saturated rings. The first kappa shape index (κ1) is 17.4. The Labute approximate surface area is 155 Å². The third kappa shape index (κ3) is 3.22. The van der Waals surface area contributed by atoms with Crippen molar-refractivity contribution in [2.75, 3.05) is 13.1 Å². The highest BCUT2D eigenvalue weighted by atomic mass is 19.3. The van der Waals surface area contributed by atoms with Crippen molar-refractivity contribution in [3.63, 3.8) is 0 Å². The molecule has 1 amide bonds. The van der Waals surface area contributed by atoms with E-state index in [4.69, 9.17) is 0 Å². The molecule has 0 bridgehead atoms. The fraction of sp³-hybridized carbons (Fsp3) is 0.316. The maximum atomic E-state index is 12.7. The van der Waals surface area contributed by atoms with Gasteiger partial charge in [-0.05, 0) is 12.5 Å². The predicted molar refractivity (Wildman–Crippen MR) is 95.4 cm³/mol. The van der Waals surface area contributed by atoms with Crippen LogP contribution in [0.25, 0.3) is 11.3 Å². The second-order valence-electron chi connectivity index (χ2n) is 6.51. The molecular weight excluding hydrogens is 352 g/mol. The van der Waals surface area contributed by atoms with Gasteiger partial charge in [0, 0.05) is 49.6 Å². The summed E-state index contributed by atoms with van der Waals surface area (Å²) < 4.78 is 27.8. The van der Waals surface area contributed by atoms with Crippen LogP contribution in [0.15, 0.2) is 42.6 Å². The van der Waals surface area contributed by atoms with Crippen LogP contribution in [0.4, 0.5) is 8.78 Å². The number of hydrogen-bond acceptors (Lipinski definition) is 3. The monoisotopic (exact) mass is 371 g/mol. The highest BCUT2D eigenvalue weighted by Crippen LogP contribution is 2.28. The van der Waals surface area contributed by atoms with Crippen LogP contribution in [0.5, 0.6) is 0 Å². The maximum absolute atomic E-state index is 12.7. The van der Waals surface area contributed by atoms with Gasteiger partial charge >= 0.3 is 6.55 Å². The molecule has 3 heterocycles. The minimum absolute atomic E-state index is 0.0441. The summed E-state index contributed by atoms with van der Waals surface area (Å²) in [6.07, 6.45) is 2.45. The Kier molecular flexibility index (Phi) is 4.47. The van der Waals surface area contributed by atoms with Gasteiger partial charge in [0.25, 0.3) is 5.91 Å². The lowest BCUT2D eigenvalue weighted by Crippen LogP contribution is -2.34. The van der Waals surface area contributed by atoms with E-state index < -0.39 is 6.55 Å².